The van der Waals surface area contributed by atoms with Crippen molar-refractivity contribution in [1.29, 1.82) is 0 Å². The van der Waals surface area contributed by atoms with Crippen LogP contribution in [0.15, 0.2) is 48.5 Å². The molecule has 5 heteroatoms. The van der Waals surface area contributed by atoms with Crippen LogP contribution in [0.2, 0.25) is 0 Å². The number of nitrogens with one attached hydrogen (secondary N) is 1. The lowest BCUT2D eigenvalue weighted by Crippen LogP contribution is -2.20. The quantitative estimate of drug-likeness (QED) is 0.783. The molecule has 1 amide bonds. The lowest BCUT2D eigenvalue weighted by atomic mass is 9.97. The zero-order valence-corrected chi connectivity index (χ0v) is 13.4. The molecule has 0 aliphatic rings. The Kier molecular flexibility index (Phi) is 4.37. The van der Waals surface area contributed by atoms with Crippen molar-refractivity contribution in [2.24, 2.45) is 0 Å². The fourth-order valence-corrected chi connectivity index (χ4v) is 2.62. The van der Waals surface area contributed by atoms with Crippen molar-refractivity contribution < 1.29 is 4.79 Å². The molecule has 0 radical (unpaired) electrons. The summed E-state index contributed by atoms with van der Waals surface area (Å²) >= 11 is 0. The van der Waals surface area contributed by atoms with Gasteiger partial charge in [-0.15, -0.1) is 5.10 Å². The molecular weight excluding hydrogens is 288 g/mol. The molecule has 0 unspecified atom stereocenters. The third kappa shape index (κ3) is 3.23. The molecule has 1 aromatic heterocycles. The van der Waals surface area contributed by atoms with E-state index in [2.05, 4.69) is 35.5 Å². The van der Waals surface area contributed by atoms with Crippen molar-refractivity contribution >= 4 is 22.6 Å². The number of carbonyl (C=O) groups excluding carboxylic acids is 1. The number of amides is 1. The van der Waals surface area contributed by atoms with Gasteiger partial charge in [-0.3, -0.25) is 4.79 Å². The molecule has 0 spiro atoms. The number of benzene rings is 2. The Balaban J connectivity index is 1.78. The van der Waals surface area contributed by atoms with Crippen LogP contribution in [-0.2, 0) is 11.3 Å². The molecule has 3 aromatic rings. The Morgan fingerprint density at radius 1 is 1.17 bits per heavy atom. The molecule has 0 saturated heterocycles. The van der Waals surface area contributed by atoms with E-state index in [-0.39, 0.29) is 12.5 Å². The first-order valence-electron chi connectivity index (χ1n) is 7.86. The van der Waals surface area contributed by atoms with Gasteiger partial charge in [0, 0.05) is 5.69 Å². The summed E-state index contributed by atoms with van der Waals surface area (Å²) in [6.45, 7) is 4.45. The zero-order chi connectivity index (χ0) is 16.2. The molecule has 3 rings (SSSR count). The number of hydrogen-bond acceptors (Lipinski definition) is 3. The smallest absolute Gasteiger partial charge is 0.246 e. The van der Waals surface area contributed by atoms with Crippen molar-refractivity contribution in [3.05, 3.63) is 54.1 Å². The van der Waals surface area contributed by atoms with Gasteiger partial charge in [-0.1, -0.05) is 49.4 Å². The second-order valence-electron chi connectivity index (χ2n) is 5.68. The highest BCUT2D eigenvalue weighted by Gasteiger charge is 2.13. The van der Waals surface area contributed by atoms with Crippen molar-refractivity contribution in [1.82, 2.24) is 15.0 Å². The maximum absolute atomic E-state index is 12.4. The summed E-state index contributed by atoms with van der Waals surface area (Å²) in [6, 6.07) is 15.6. The average Bonchev–Trinajstić information content (AvgIpc) is 2.98. The lowest BCUT2D eigenvalue weighted by molar-refractivity contribution is -0.116. The van der Waals surface area contributed by atoms with Gasteiger partial charge in [-0.05, 0) is 36.1 Å². The third-order valence-electron chi connectivity index (χ3n) is 4.09. The van der Waals surface area contributed by atoms with Crippen LogP contribution in [0, 0.1) is 0 Å². The Bertz CT molecular complexity index is 825. The number of hydrogen-bond donors (Lipinski definition) is 1. The summed E-state index contributed by atoms with van der Waals surface area (Å²) in [5.74, 6) is 0.301. The maximum Gasteiger partial charge on any atom is 0.246 e. The van der Waals surface area contributed by atoms with E-state index in [1.807, 2.05) is 42.5 Å². The van der Waals surface area contributed by atoms with Crippen LogP contribution in [0.4, 0.5) is 5.69 Å². The van der Waals surface area contributed by atoms with Crippen LogP contribution in [0.25, 0.3) is 11.0 Å². The van der Waals surface area contributed by atoms with E-state index in [4.69, 9.17) is 0 Å². The first-order chi connectivity index (χ1) is 11.2. The zero-order valence-electron chi connectivity index (χ0n) is 13.4. The van der Waals surface area contributed by atoms with Gasteiger partial charge in [0.1, 0.15) is 12.1 Å². The van der Waals surface area contributed by atoms with Gasteiger partial charge < -0.3 is 5.32 Å². The highest BCUT2D eigenvalue weighted by molar-refractivity contribution is 5.92. The summed E-state index contributed by atoms with van der Waals surface area (Å²) in [5, 5.41) is 11.1. The van der Waals surface area contributed by atoms with E-state index >= 15 is 0 Å². The topological polar surface area (TPSA) is 59.8 Å². The van der Waals surface area contributed by atoms with E-state index < -0.39 is 0 Å². The first kappa shape index (κ1) is 15.2. The van der Waals surface area contributed by atoms with E-state index in [1.54, 1.807) is 4.68 Å². The molecule has 118 valence electrons. The van der Waals surface area contributed by atoms with E-state index in [0.29, 0.717) is 5.92 Å². The van der Waals surface area contributed by atoms with Crippen molar-refractivity contribution in [2.45, 2.75) is 32.7 Å². The standard InChI is InChI=1S/C18H20N4O/c1-3-13(2)14-8-4-5-9-15(14)19-18(23)12-22-17-11-7-6-10-16(17)20-21-22/h4-11,13H,3,12H2,1-2H3,(H,19,23)/t13-/m1/s1. The largest absolute Gasteiger partial charge is 0.324 e. The van der Waals surface area contributed by atoms with Gasteiger partial charge in [-0.25, -0.2) is 4.68 Å². The monoisotopic (exact) mass is 308 g/mol. The van der Waals surface area contributed by atoms with Gasteiger partial charge in [0.05, 0.1) is 5.52 Å². The van der Waals surface area contributed by atoms with Gasteiger partial charge in [0.15, 0.2) is 0 Å². The number of anilines is 1. The van der Waals surface area contributed by atoms with Gasteiger partial charge in [0.25, 0.3) is 0 Å². The highest BCUT2D eigenvalue weighted by atomic mass is 16.2. The summed E-state index contributed by atoms with van der Waals surface area (Å²) in [5.41, 5.74) is 3.68. The maximum atomic E-state index is 12.4. The minimum Gasteiger partial charge on any atom is -0.324 e. The first-order valence-corrected chi connectivity index (χ1v) is 7.86. The van der Waals surface area contributed by atoms with Crippen molar-refractivity contribution in [3.8, 4) is 0 Å². The number of aromatic nitrogens is 3. The average molecular weight is 308 g/mol. The molecule has 0 saturated carbocycles. The number of para-hydroxylation sites is 2. The van der Waals surface area contributed by atoms with Gasteiger partial charge in [-0.2, -0.15) is 0 Å². The Hall–Kier alpha value is -2.69. The van der Waals surface area contributed by atoms with Crippen LogP contribution >= 0.6 is 0 Å². The van der Waals surface area contributed by atoms with E-state index in [1.165, 1.54) is 0 Å². The summed E-state index contributed by atoms with van der Waals surface area (Å²) in [6.07, 6.45) is 1.03. The number of nitrogens with zero attached hydrogens (tertiary/aromatic N) is 3. The predicted octanol–water partition coefficient (Wildman–Crippen LogP) is 3.58. The minimum atomic E-state index is -0.101. The molecule has 2 aromatic carbocycles. The summed E-state index contributed by atoms with van der Waals surface area (Å²) in [4.78, 5) is 12.4. The van der Waals surface area contributed by atoms with Crippen LogP contribution in [0.5, 0.6) is 0 Å². The Labute approximate surface area is 135 Å². The van der Waals surface area contributed by atoms with Crippen LogP contribution in [-0.4, -0.2) is 20.9 Å². The third-order valence-corrected chi connectivity index (χ3v) is 4.09. The van der Waals surface area contributed by atoms with Crippen LogP contribution in [0.3, 0.4) is 0 Å². The Morgan fingerprint density at radius 2 is 1.91 bits per heavy atom. The van der Waals surface area contributed by atoms with E-state index in [9.17, 15) is 4.79 Å². The van der Waals surface area contributed by atoms with Crippen LogP contribution in [0.1, 0.15) is 31.7 Å². The molecule has 1 atom stereocenters. The fourth-order valence-electron chi connectivity index (χ4n) is 2.62. The number of fused-ring (bicyclic) bond motifs is 1. The number of carbonyl (C=O) groups is 1. The molecule has 23 heavy (non-hydrogen) atoms. The fraction of sp³-hybridized carbons (Fsp3) is 0.278. The Morgan fingerprint density at radius 3 is 2.74 bits per heavy atom. The van der Waals surface area contributed by atoms with E-state index in [0.717, 1.165) is 28.7 Å². The van der Waals surface area contributed by atoms with Crippen molar-refractivity contribution in [2.75, 3.05) is 5.32 Å². The lowest BCUT2D eigenvalue weighted by Gasteiger charge is -2.15. The second-order valence-corrected chi connectivity index (χ2v) is 5.68. The second kappa shape index (κ2) is 6.60. The molecule has 1 N–H and O–H groups in total. The highest BCUT2D eigenvalue weighted by Crippen LogP contribution is 2.26. The van der Waals surface area contributed by atoms with Crippen molar-refractivity contribution in [3.63, 3.8) is 0 Å². The normalized spacial score (nSPS) is 12.3. The molecule has 0 aliphatic heterocycles. The van der Waals surface area contributed by atoms with Gasteiger partial charge >= 0.3 is 0 Å². The molecule has 0 bridgehead atoms. The molecule has 0 aliphatic carbocycles. The van der Waals surface area contributed by atoms with Gasteiger partial charge in [0.2, 0.25) is 5.91 Å². The molecule has 1 heterocycles. The number of rotatable bonds is 5. The molecular formula is C18H20N4O. The predicted molar refractivity (Wildman–Crippen MR) is 91.3 cm³/mol. The summed E-state index contributed by atoms with van der Waals surface area (Å²) < 4.78 is 1.62. The molecule has 0 fully saturated rings. The van der Waals surface area contributed by atoms with Crippen LogP contribution < -0.4 is 5.32 Å². The minimum absolute atomic E-state index is 0.101. The summed E-state index contributed by atoms with van der Waals surface area (Å²) in [7, 11) is 0. The molecule has 5 nitrogen and oxygen atoms in total. The SMILES string of the molecule is CC[C@@H](C)c1ccccc1NC(=O)Cn1nnc2ccccc21.